The third-order valence-electron chi connectivity index (χ3n) is 3.60. The zero-order valence-electron chi connectivity index (χ0n) is 13.3. The minimum Gasteiger partial charge on any atom is -0.324 e. The van der Waals surface area contributed by atoms with Crippen molar-refractivity contribution in [2.75, 3.05) is 10.6 Å². The van der Waals surface area contributed by atoms with E-state index in [1.165, 1.54) is 0 Å². The van der Waals surface area contributed by atoms with E-state index in [-0.39, 0.29) is 0 Å². The van der Waals surface area contributed by atoms with Gasteiger partial charge in [0, 0.05) is 18.0 Å². The molecule has 0 saturated carbocycles. The first-order valence-electron chi connectivity index (χ1n) is 7.90. The molecule has 0 amide bonds. The number of anilines is 4. The monoisotopic (exact) mass is 328 g/mol. The summed E-state index contributed by atoms with van der Waals surface area (Å²) < 4.78 is 0. The van der Waals surface area contributed by atoms with Crippen molar-refractivity contribution in [2.45, 2.75) is 0 Å². The average Bonchev–Trinajstić information content (AvgIpc) is 3.12. The van der Waals surface area contributed by atoms with Crippen LogP contribution in [-0.4, -0.2) is 20.2 Å². The van der Waals surface area contributed by atoms with Crippen molar-refractivity contribution >= 4 is 23.3 Å². The summed E-state index contributed by atoms with van der Waals surface area (Å²) >= 11 is 0. The Hall–Kier alpha value is -3.67. The predicted molar refractivity (Wildman–Crippen MR) is 99.1 cm³/mol. The van der Waals surface area contributed by atoms with Gasteiger partial charge in [-0.3, -0.25) is 5.10 Å². The first-order chi connectivity index (χ1) is 12.4. The van der Waals surface area contributed by atoms with E-state index < -0.39 is 0 Å². The van der Waals surface area contributed by atoms with E-state index in [1.807, 2.05) is 66.7 Å². The first-order valence-corrected chi connectivity index (χ1v) is 7.90. The maximum atomic E-state index is 4.46. The van der Waals surface area contributed by atoms with Gasteiger partial charge in [-0.15, -0.1) is 0 Å². The third-order valence-corrected chi connectivity index (χ3v) is 3.60. The van der Waals surface area contributed by atoms with Gasteiger partial charge < -0.3 is 10.6 Å². The molecule has 2 aromatic carbocycles. The molecule has 0 saturated heterocycles. The van der Waals surface area contributed by atoms with Gasteiger partial charge in [0.05, 0.1) is 5.69 Å². The fourth-order valence-corrected chi connectivity index (χ4v) is 2.42. The molecule has 6 heteroatoms. The molecule has 0 radical (unpaired) electrons. The lowest BCUT2D eigenvalue weighted by atomic mass is 10.2. The number of para-hydroxylation sites is 1. The van der Waals surface area contributed by atoms with E-state index in [4.69, 9.17) is 0 Å². The lowest BCUT2D eigenvalue weighted by Crippen LogP contribution is -2.00. The van der Waals surface area contributed by atoms with Gasteiger partial charge in [-0.05, 0) is 23.8 Å². The van der Waals surface area contributed by atoms with Crippen molar-refractivity contribution < 1.29 is 0 Å². The summed E-state index contributed by atoms with van der Waals surface area (Å²) in [5, 5.41) is 13.7. The number of rotatable bonds is 5. The largest absolute Gasteiger partial charge is 0.324 e. The van der Waals surface area contributed by atoms with E-state index in [9.17, 15) is 0 Å². The summed E-state index contributed by atoms with van der Waals surface area (Å²) in [5.74, 6) is 1.89. The van der Waals surface area contributed by atoms with Crippen LogP contribution in [0.2, 0.25) is 0 Å². The number of aromatic nitrogens is 4. The van der Waals surface area contributed by atoms with Gasteiger partial charge in [0.15, 0.2) is 5.82 Å². The minimum atomic E-state index is 0.523. The highest BCUT2D eigenvalue weighted by Crippen LogP contribution is 2.21. The molecule has 0 aliphatic carbocycles. The van der Waals surface area contributed by atoms with Crippen LogP contribution < -0.4 is 10.6 Å². The van der Waals surface area contributed by atoms with Crippen LogP contribution in [-0.2, 0) is 0 Å². The topological polar surface area (TPSA) is 78.5 Å². The van der Waals surface area contributed by atoms with Gasteiger partial charge in [0.1, 0.15) is 5.82 Å². The molecule has 0 aliphatic heterocycles. The van der Waals surface area contributed by atoms with Crippen molar-refractivity contribution in [2.24, 2.45) is 0 Å². The number of benzene rings is 2. The van der Waals surface area contributed by atoms with Gasteiger partial charge >= 0.3 is 0 Å². The van der Waals surface area contributed by atoms with Gasteiger partial charge in [-0.2, -0.15) is 10.1 Å². The Kier molecular flexibility index (Phi) is 4.07. The van der Waals surface area contributed by atoms with Crippen LogP contribution in [0, 0.1) is 0 Å². The Balaban J connectivity index is 1.50. The number of nitrogens with zero attached hydrogens (tertiary/aromatic N) is 3. The fraction of sp³-hybridized carbons (Fsp3) is 0. The minimum absolute atomic E-state index is 0.523. The highest BCUT2D eigenvalue weighted by molar-refractivity contribution is 5.65. The highest BCUT2D eigenvalue weighted by Gasteiger charge is 2.05. The van der Waals surface area contributed by atoms with Crippen LogP contribution in [0.15, 0.2) is 79.0 Å². The molecule has 3 N–H and O–H groups in total. The summed E-state index contributed by atoms with van der Waals surface area (Å²) in [5.41, 5.74) is 2.96. The maximum absolute atomic E-state index is 4.46. The fourth-order valence-electron chi connectivity index (χ4n) is 2.42. The number of hydrogen-bond acceptors (Lipinski definition) is 5. The second kappa shape index (κ2) is 6.84. The lowest BCUT2D eigenvalue weighted by Gasteiger charge is -2.06. The van der Waals surface area contributed by atoms with Crippen LogP contribution in [0.5, 0.6) is 0 Å². The van der Waals surface area contributed by atoms with E-state index in [2.05, 4.69) is 30.8 Å². The van der Waals surface area contributed by atoms with Crippen molar-refractivity contribution in [3.63, 3.8) is 0 Å². The van der Waals surface area contributed by atoms with E-state index in [1.54, 1.807) is 12.3 Å². The Morgan fingerprint density at radius 1 is 0.760 bits per heavy atom. The summed E-state index contributed by atoms with van der Waals surface area (Å²) in [6.45, 7) is 0. The van der Waals surface area contributed by atoms with Gasteiger partial charge in [0.25, 0.3) is 0 Å². The molecular formula is C19H16N6. The van der Waals surface area contributed by atoms with Crippen molar-refractivity contribution in [1.82, 2.24) is 20.2 Å². The molecule has 25 heavy (non-hydrogen) atoms. The van der Waals surface area contributed by atoms with E-state index in [0.29, 0.717) is 17.6 Å². The molecule has 0 unspecified atom stereocenters. The second-order valence-corrected chi connectivity index (χ2v) is 5.41. The van der Waals surface area contributed by atoms with Gasteiger partial charge in [-0.25, -0.2) is 4.98 Å². The number of nitrogens with one attached hydrogen (secondary N) is 3. The third kappa shape index (κ3) is 3.64. The summed E-state index contributed by atoms with van der Waals surface area (Å²) in [6, 6.07) is 23.6. The number of aromatic amines is 1. The molecule has 4 aromatic rings. The highest BCUT2D eigenvalue weighted by atomic mass is 15.2. The van der Waals surface area contributed by atoms with Crippen LogP contribution in [0.3, 0.4) is 0 Å². The Morgan fingerprint density at radius 3 is 2.32 bits per heavy atom. The van der Waals surface area contributed by atoms with Crippen molar-refractivity contribution in [1.29, 1.82) is 0 Å². The standard InChI is InChI=1S/C19H16N6/c1-3-7-14(8-4-1)16-13-18(25-24-16)22-17-11-12-20-19(23-17)21-15-9-5-2-6-10-15/h1-13H,(H3,20,21,22,23,24,25). The average molecular weight is 328 g/mol. The quantitative estimate of drug-likeness (QED) is 0.507. The molecule has 0 aliphatic rings. The molecule has 2 heterocycles. The summed E-state index contributed by atoms with van der Waals surface area (Å²) in [6.07, 6.45) is 1.70. The Bertz CT molecular complexity index is 950. The molecule has 0 spiro atoms. The number of hydrogen-bond donors (Lipinski definition) is 3. The molecule has 6 nitrogen and oxygen atoms in total. The smallest absolute Gasteiger partial charge is 0.229 e. The molecule has 2 aromatic heterocycles. The molecule has 0 fully saturated rings. The van der Waals surface area contributed by atoms with Gasteiger partial charge in [-0.1, -0.05) is 48.5 Å². The molecule has 4 rings (SSSR count). The van der Waals surface area contributed by atoms with Crippen molar-refractivity contribution in [3.05, 3.63) is 79.0 Å². The maximum Gasteiger partial charge on any atom is 0.229 e. The van der Waals surface area contributed by atoms with Gasteiger partial charge in [0.2, 0.25) is 5.95 Å². The normalized spacial score (nSPS) is 10.4. The van der Waals surface area contributed by atoms with Crippen LogP contribution >= 0.6 is 0 Å². The SMILES string of the molecule is c1ccc(Nc2nccc(Nc3cc(-c4ccccc4)[nH]n3)n2)cc1. The molecule has 0 atom stereocenters. The lowest BCUT2D eigenvalue weighted by molar-refractivity contribution is 1.09. The molecule has 122 valence electrons. The predicted octanol–water partition coefficient (Wildman–Crippen LogP) is 4.35. The van der Waals surface area contributed by atoms with E-state index in [0.717, 1.165) is 16.9 Å². The van der Waals surface area contributed by atoms with Crippen LogP contribution in [0.4, 0.5) is 23.3 Å². The summed E-state index contributed by atoms with van der Waals surface area (Å²) in [4.78, 5) is 8.70. The Morgan fingerprint density at radius 2 is 1.52 bits per heavy atom. The summed E-state index contributed by atoms with van der Waals surface area (Å²) in [7, 11) is 0. The number of H-pyrrole nitrogens is 1. The molecule has 0 bridgehead atoms. The second-order valence-electron chi connectivity index (χ2n) is 5.41. The first kappa shape index (κ1) is 14.9. The molecular weight excluding hydrogens is 312 g/mol. The Labute approximate surface area is 145 Å². The van der Waals surface area contributed by atoms with Crippen LogP contribution in [0.1, 0.15) is 0 Å². The van der Waals surface area contributed by atoms with E-state index >= 15 is 0 Å². The zero-order valence-corrected chi connectivity index (χ0v) is 13.3. The van der Waals surface area contributed by atoms with Crippen LogP contribution in [0.25, 0.3) is 11.3 Å². The van der Waals surface area contributed by atoms with Crippen molar-refractivity contribution in [3.8, 4) is 11.3 Å². The zero-order chi connectivity index (χ0) is 16.9.